The van der Waals surface area contributed by atoms with Gasteiger partial charge in [0, 0.05) is 46.4 Å². The third-order valence-corrected chi connectivity index (χ3v) is 11.7. The molecule has 0 aliphatic carbocycles. The molecule has 10 aromatic rings. The van der Waals surface area contributed by atoms with Crippen LogP contribution in [0.25, 0.3) is 96.8 Å². The first-order valence-corrected chi connectivity index (χ1v) is 18.2. The van der Waals surface area contributed by atoms with Crippen LogP contribution in [0.15, 0.2) is 164 Å². The zero-order valence-electron chi connectivity index (χ0n) is 26.7. The maximum Gasteiger partial charge on any atom is 0.164 e. The molecule has 0 N–H and O–H groups in total. The molecule has 0 bridgehead atoms. The third kappa shape index (κ3) is 5.07. The van der Waals surface area contributed by atoms with E-state index in [0.717, 1.165) is 22.3 Å². The van der Waals surface area contributed by atoms with Gasteiger partial charge < -0.3 is 0 Å². The zero-order valence-corrected chi connectivity index (χ0v) is 28.4. The SMILES string of the molecule is c1ccc2sc(-c3ccc(-c4nc(-c5ccc(-c6cccc7ccccc67)cc5)nc(-c5ccc6c(c5)sc5ccccc56)n4)cc3)cc2c1. The lowest BCUT2D eigenvalue weighted by atomic mass is 9.97. The average molecular weight is 674 g/mol. The predicted molar refractivity (Wildman–Crippen MR) is 213 cm³/mol. The number of aromatic nitrogens is 3. The van der Waals surface area contributed by atoms with Crippen molar-refractivity contribution in [2.45, 2.75) is 0 Å². The Labute approximate surface area is 296 Å². The molecule has 0 atom stereocenters. The molecule has 0 unspecified atom stereocenters. The highest BCUT2D eigenvalue weighted by Gasteiger charge is 2.15. The van der Waals surface area contributed by atoms with Crippen LogP contribution in [-0.4, -0.2) is 15.0 Å². The molecule has 10 rings (SSSR count). The summed E-state index contributed by atoms with van der Waals surface area (Å²) in [5.74, 6) is 1.97. The Hall–Kier alpha value is -6.01. The first kappa shape index (κ1) is 29.0. The summed E-state index contributed by atoms with van der Waals surface area (Å²) in [6, 6.07) is 58.1. The molecule has 3 heterocycles. The fourth-order valence-corrected chi connectivity index (χ4v) is 9.03. The minimum Gasteiger partial charge on any atom is -0.208 e. The van der Waals surface area contributed by atoms with E-state index >= 15 is 0 Å². The summed E-state index contributed by atoms with van der Waals surface area (Å²) in [6.45, 7) is 0. The fraction of sp³-hybridized carbons (Fsp3) is 0. The first-order chi connectivity index (χ1) is 24.7. The molecule has 0 amide bonds. The normalized spacial score (nSPS) is 11.6. The largest absolute Gasteiger partial charge is 0.208 e. The van der Waals surface area contributed by atoms with E-state index in [1.165, 1.54) is 57.0 Å². The molecule has 0 aliphatic rings. The summed E-state index contributed by atoms with van der Waals surface area (Å²) in [4.78, 5) is 16.5. The van der Waals surface area contributed by atoms with Gasteiger partial charge in [-0.3, -0.25) is 0 Å². The summed E-state index contributed by atoms with van der Waals surface area (Å²) in [6.07, 6.45) is 0. The van der Waals surface area contributed by atoms with Gasteiger partial charge >= 0.3 is 0 Å². The average Bonchev–Trinajstić information content (AvgIpc) is 3.79. The van der Waals surface area contributed by atoms with Crippen LogP contribution in [0.4, 0.5) is 0 Å². The van der Waals surface area contributed by atoms with E-state index < -0.39 is 0 Å². The van der Waals surface area contributed by atoms with Crippen LogP contribution in [-0.2, 0) is 0 Å². The zero-order chi connectivity index (χ0) is 33.0. The predicted octanol–water partition coefficient (Wildman–Crippen LogP) is 12.9. The second-order valence-corrected chi connectivity index (χ2v) is 14.6. The molecular formula is C45H27N3S2. The van der Waals surface area contributed by atoms with E-state index in [-0.39, 0.29) is 0 Å². The Balaban J connectivity index is 1.08. The van der Waals surface area contributed by atoms with E-state index in [1.807, 2.05) is 11.3 Å². The highest BCUT2D eigenvalue weighted by atomic mass is 32.1. The Kier molecular flexibility index (Phi) is 6.86. The van der Waals surface area contributed by atoms with Crippen molar-refractivity contribution < 1.29 is 0 Å². The summed E-state index contributed by atoms with van der Waals surface area (Å²) in [5.41, 5.74) is 6.43. The topological polar surface area (TPSA) is 38.7 Å². The van der Waals surface area contributed by atoms with Crippen molar-refractivity contribution in [1.82, 2.24) is 15.0 Å². The summed E-state index contributed by atoms with van der Waals surface area (Å²) >= 11 is 3.62. The van der Waals surface area contributed by atoms with Gasteiger partial charge in [0.25, 0.3) is 0 Å². The van der Waals surface area contributed by atoms with Crippen molar-refractivity contribution >= 4 is 63.7 Å². The van der Waals surface area contributed by atoms with Crippen LogP contribution >= 0.6 is 22.7 Å². The van der Waals surface area contributed by atoms with E-state index in [4.69, 9.17) is 15.0 Å². The quantitative estimate of drug-likeness (QED) is 0.182. The molecule has 234 valence electrons. The third-order valence-electron chi connectivity index (χ3n) is 9.37. The minimum atomic E-state index is 0.652. The maximum absolute atomic E-state index is 5.09. The van der Waals surface area contributed by atoms with Gasteiger partial charge in [0.2, 0.25) is 0 Å². The van der Waals surface area contributed by atoms with Gasteiger partial charge in [0.05, 0.1) is 0 Å². The van der Waals surface area contributed by atoms with Gasteiger partial charge in [0.1, 0.15) is 0 Å². The first-order valence-electron chi connectivity index (χ1n) is 16.6. The number of hydrogen-bond donors (Lipinski definition) is 0. The molecule has 0 fully saturated rings. The Morgan fingerprint density at radius 1 is 0.320 bits per heavy atom. The van der Waals surface area contributed by atoms with Crippen LogP contribution in [0, 0.1) is 0 Å². The smallest absolute Gasteiger partial charge is 0.164 e. The number of benzene rings is 7. The highest BCUT2D eigenvalue weighted by Crippen LogP contribution is 2.38. The van der Waals surface area contributed by atoms with Crippen molar-refractivity contribution in [2.75, 3.05) is 0 Å². The number of nitrogens with zero attached hydrogens (tertiary/aromatic N) is 3. The Morgan fingerprint density at radius 2 is 0.860 bits per heavy atom. The summed E-state index contributed by atoms with van der Waals surface area (Å²) in [7, 11) is 0. The van der Waals surface area contributed by atoms with Gasteiger partial charge in [-0.25, -0.2) is 15.0 Å². The van der Waals surface area contributed by atoms with Gasteiger partial charge in [-0.1, -0.05) is 140 Å². The monoisotopic (exact) mass is 673 g/mol. The lowest BCUT2D eigenvalue weighted by Gasteiger charge is -2.10. The second kappa shape index (κ2) is 11.8. The summed E-state index contributed by atoms with van der Waals surface area (Å²) in [5, 5.41) is 6.27. The van der Waals surface area contributed by atoms with Crippen molar-refractivity contribution in [2.24, 2.45) is 0 Å². The molecule has 0 aliphatic heterocycles. The van der Waals surface area contributed by atoms with Crippen LogP contribution in [0.1, 0.15) is 0 Å². The maximum atomic E-state index is 5.09. The fourth-order valence-electron chi connectivity index (χ4n) is 6.81. The molecular weight excluding hydrogens is 647 g/mol. The molecule has 3 nitrogen and oxygen atoms in total. The molecule has 0 spiro atoms. The summed E-state index contributed by atoms with van der Waals surface area (Å²) < 4.78 is 3.79. The van der Waals surface area contributed by atoms with E-state index in [9.17, 15) is 0 Å². The lowest BCUT2D eigenvalue weighted by Crippen LogP contribution is -2.00. The van der Waals surface area contributed by atoms with Gasteiger partial charge in [-0.15, -0.1) is 22.7 Å². The van der Waals surface area contributed by atoms with Gasteiger partial charge in [-0.05, 0) is 57.1 Å². The van der Waals surface area contributed by atoms with Crippen LogP contribution in [0.2, 0.25) is 0 Å². The van der Waals surface area contributed by atoms with Crippen LogP contribution < -0.4 is 0 Å². The lowest BCUT2D eigenvalue weighted by molar-refractivity contribution is 1.07. The van der Waals surface area contributed by atoms with E-state index in [0.29, 0.717) is 17.5 Å². The number of thiophene rings is 2. The number of fused-ring (bicyclic) bond motifs is 5. The second-order valence-electron chi connectivity index (χ2n) is 12.4. The molecule has 7 aromatic carbocycles. The van der Waals surface area contributed by atoms with Gasteiger partial charge in [-0.2, -0.15) is 0 Å². The Bertz CT molecular complexity index is 2830. The van der Waals surface area contributed by atoms with Crippen molar-refractivity contribution in [1.29, 1.82) is 0 Å². The minimum absolute atomic E-state index is 0.652. The van der Waals surface area contributed by atoms with Crippen molar-refractivity contribution in [3.8, 4) is 55.7 Å². The van der Waals surface area contributed by atoms with Gasteiger partial charge in [0.15, 0.2) is 17.5 Å². The Morgan fingerprint density at radius 3 is 1.60 bits per heavy atom. The van der Waals surface area contributed by atoms with Crippen LogP contribution in [0.3, 0.4) is 0 Å². The standard InChI is InChI=1S/C45H27N3S2/c1-3-11-35-28(8-1)10-7-13-36(35)29-16-20-31(21-17-29)43-46-44(32-22-18-30(19-23-32)41-26-33-9-2-5-14-39(33)49-41)48-45(47-43)34-24-25-38-37-12-4-6-15-40(37)50-42(38)27-34/h1-27H. The van der Waals surface area contributed by atoms with Crippen molar-refractivity contribution in [3.05, 3.63) is 164 Å². The van der Waals surface area contributed by atoms with Crippen LogP contribution in [0.5, 0.6) is 0 Å². The number of hydrogen-bond acceptors (Lipinski definition) is 5. The molecule has 50 heavy (non-hydrogen) atoms. The van der Waals surface area contributed by atoms with Crippen molar-refractivity contribution in [3.63, 3.8) is 0 Å². The van der Waals surface area contributed by atoms with E-state index in [2.05, 4.69) is 164 Å². The molecule has 0 saturated heterocycles. The highest BCUT2D eigenvalue weighted by molar-refractivity contribution is 7.25. The molecule has 0 saturated carbocycles. The molecule has 0 radical (unpaired) electrons. The number of rotatable bonds is 5. The van der Waals surface area contributed by atoms with E-state index in [1.54, 1.807) is 11.3 Å². The molecule has 5 heteroatoms. The molecule has 3 aromatic heterocycles.